The van der Waals surface area contributed by atoms with E-state index in [1.54, 1.807) is 6.92 Å². The van der Waals surface area contributed by atoms with Gasteiger partial charge in [0.05, 0.1) is 0 Å². The Morgan fingerprint density at radius 3 is 2.45 bits per heavy atom. The van der Waals surface area contributed by atoms with Crippen molar-refractivity contribution >= 4 is 5.97 Å². The van der Waals surface area contributed by atoms with Crippen molar-refractivity contribution in [2.45, 2.75) is 38.5 Å². The molecule has 0 amide bonds. The molecular formula is C7H12F2O2. The van der Waals surface area contributed by atoms with E-state index in [0.29, 0.717) is 12.8 Å². The second-order valence-corrected chi connectivity index (χ2v) is 2.53. The minimum Gasteiger partial charge on any atom is -0.481 e. The van der Waals surface area contributed by atoms with Crippen LogP contribution in [0.5, 0.6) is 0 Å². The lowest BCUT2D eigenvalue weighted by atomic mass is 10.1. The Labute approximate surface area is 64.2 Å². The second-order valence-electron chi connectivity index (χ2n) is 2.53. The average Bonchev–Trinajstić information content (AvgIpc) is 1.81. The fraction of sp³-hybridized carbons (Fsp3) is 0.857. The molecule has 0 saturated carbocycles. The Balaban J connectivity index is 3.70. The van der Waals surface area contributed by atoms with Crippen LogP contribution in [0.2, 0.25) is 0 Å². The second kappa shape index (κ2) is 4.26. The van der Waals surface area contributed by atoms with E-state index in [-0.39, 0.29) is 6.42 Å². The Morgan fingerprint density at radius 1 is 1.55 bits per heavy atom. The number of unbranched alkanes of at least 4 members (excludes halogenated alkanes) is 1. The maximum absolute atomic E-state index is 12.5. The van der Waals surface area contributed by atoms with Gasteiger partial charge in [-0.15, -0.1) is 0 Å². The van der Waals surface area contributed by atoms with Crippen LogP contribution >= 0.6 is 0 Å². The molecule has 0 aliphatic rings. The molecule has 0 fully saturated rings. The summed E-state index contributed by atoms with van der Waals surface area (Å²) in [7, 11) is 0. The van der Waals surface area contributed by atoms with Crippen LogP contribution in [0.1, 0.15) is 32.6 Å². The first-order valence-electron chi connectivity index (χ1n) is 3.57. The van der Waals surface area contributed by atoms with Crippen molar-refractivity contribution in [1.29, 1.82) is 0 Å². The summed E-state index contributed by atoms with van der Waals surface area (Å²) in [4.78, 5) is 9.90. The number of rotatable bonds is 5. The zero-order valence-electron chi connectivity index (χ0n) is 6.44. The van der Waals surface area contributed by atoms with Gasteiger partial charge in [-0.3, -0.25) is 4.79 Å². The Morgan fingerprint density at radius 2 is 2.09 bits per heavy atom. The van der Waals surface area contributed by atoms with Crippen molar-refractivity contribution in [3.63, 3.8) is 0 Å². The number of carboxylic acids is 1. The molecule has 0 aromatic carbocycles. The molecule has 4 heteroatoms. The number of halogens is 2. The summed E-state index contributed by atoms with van der Waals surface area (Å²) >= 11 is 0. The maximum Gasteiger partial charge on any atom is 0.309 e. The van der Waals surface area contributed by atoms with Crippen LogP contribution in [-0.2, 0) is 4.79 Å². The van der Waals surface area contributed by atoms with E-state index in [1.165, 1.54) is 0 Å². The molecule has 0 spiro atoms. The van der Waals surface area contributed by atoms with Crippen LogP contribution in [0, 0.1) is 0 Å². The average molecular weight is 166 g/mol. The summed E-state index contributed by atoms with van der Waals surface area (Å²) in [6.07, 6.45) is -0.335. The number of aliphatic carboxylic acids is 1. The first kappa shape index (κ1) is 10.3. The third kappa shape index (κ3) is 5.76. The first-order chi connectivity index (χ1) is 4.98. The fourth-order valence-corrected chi connectivity index (χ4v) is 0.745. The smallest absolute Gasteiger partial charge is 0.309 e. The van der Waals surface area contributed by atoms with Crippen molar-refractivity contribution in [3.8, 4) is 0 Å². The maximum atomic E-state index is 12.5. The Bertz CT molecular complexity index is 134. The molecule has 0 rings (SSSR count). The van der Waals surface area contributed by atoms with Crippen LogP contribution in [0.3, 0.4) is 0 Å². The van der Waals surface area contributed by atoms with Crippen molar-refractivity contribution in [2.75, 3.05) is 0 Å². The van der Waals surface area contributed by atoms with E-state index in [9.17, 15) is 13.6 Å². The molecule has 0 radical (unpaired) electrons. The van der Waals surface area contributed by atoms with Gasteiger partial charge in [-0.2, -0.15) is 0 Å². The minimum absolute atomic E-state index is 0.324. The number of carbonyl (C=O) groups is 1. The summed E-state index contributed by atoms with van der Waals surface area (Å²) in [5.41, 5.74) is 0. The lowest BCUT2D eigenvalue weighted by Gasteiger charge is -2.12. The molecule has 0 aromatic rings. The summed E-state index contributed by atoms with van der Waals surface area (Å²) in [6.45, 7) is 1.79. The molecule has 0 aromatic heterocycles. The van der Waals surface area contributed by atoms with Gasteiger partial charge >= 0.3 is 5.97 Å². The van der Waals surface area contributed by atoms with Gasteiger partial charge in [-0.25, -0.2) is 8.78 Å². The molecule has 0 aliphatic carbocycles. The van der Waals surface area contributed by atoms with Gasteiger partial charge in [0.1, 0.15) is 6.42 Å². The van der Waals surface area contributed by atoms with E-state index in [0.717, 1.165) is 0 Å². The van der Waals surface area contributed by atoms with Crippen molar-refractivity contribution in [3.05, 3.63) is 0 Å². The van der Waals surface area contributed by atoms with E-state index < -0.39 is 18.3 Å². The quantitative estimate of drug-likeness (QED) is 0.680. The standard InChI is InChI=1S/C7H12F2O2/c1-2-3-4-7(8,9)5-6(10)11/h2-5H2,1H3,(H,10,11). The van der Waals surface area contributed by atoms with Gasteiger partial charge in [-0.1, -0.05) is 13.3 Å². The molecule has 66 valence electrons. The normalized spacial score (nSPS) is 11.5. The van der Waals surface area contributed by atoms with Crippen LogP contribution in [0.4, 0.5) is 8.78 Å². The highest BCUT2D eigenvalue weighted by molar-refractivity contribution is 5.67. The van der Waals surface area contributed by atoms with Crippen LogP contribution in [-0.4, -0.2) is 17.0 Å². The fourth-order valence-electron chi connectivity index (χ4n) is 0.745. The largest absolute Gasteiger partial charge is 0.481 e. The lowest BCUT2D eigenvalue weighted by Crippen LogP contribution is -2.20. The third-order valence-corrected chi connectivity index (χ3v) is 1.31. The van der Waals surface area contributed by atoms with E-state index in [2.05, 4.69) is 0 Å². The number of alkyl halides is 2. The van der Waals surface area contributed by atoms with Gasteiger partial charge in [0.2, 0.25) is 0 Å². The predicted octanol–water partition coefficient (Wildman–Crippen LogP) is 2.29. The molecule has 1 N–H and O–H groups in total. The predicted molar refractivity (Wildman–Crippen MR) is 36.7 cm³/mol. The summed E-state index contributed by atoms with van der Waals surface area (Å²) in [5.74, 6) is -4.46. The zero-order chi connectivity index (χ0) is 8.91. The van der Waals surface area contributed by atoms with E-state index >= 15 is 0 Å². The SMILES string of the molecule is CCCCC(F)(F)CC(=O)O. The van der Waals surface area contributed by atoms with E-state index in [1.807, 2.05) is 0 Å². The molecule has 0 aliphatic heterocycles. The van der Waals surface area contributed by atoms with E-state index in [4.69, 9.17) is 5.11 Å². The minimum atomic E-state index is -3.03. The van der Waals surface area contributed by atoms with Crippen LogP contribution in [0.15, 0.2) is 0 Å². The number of hydrogen-bond acceptors (Lipinski definition) is 1. The van der Waals surface area contributed by atoms with Gasteiger partial charge < -0.3 is 5.11 Å². The number of carboxylic acid groups (broad SMARTS) is 1. The molecule has 11 heavy (non-hydrogen) atoms. The van der Waals surface area contributed by atoms with Crippen LogP contribution in [0.25, 0.3) is 0 Å². The zero-order valence-corrected chi connectivity index (χ0v) is 6.44. The molecule has 2 nitrogen and oxygen atoms in total. The Hall–Kier alpha value is -0.670. The summed E-state index contributed by atoms with van der Waals surface area (Å²) < 4.78 is 25.0. The monoisotopic (exact) mass is 166 g/mol. The van der Waals surface area contributed by atoms with Gasteiger partial charge in [0, 0.05) is 6.42 Å². The summed E-state index contributed by atoms with van der Waals surface area (Å²) in [6, 6.07) is 0. The lowest BCUT2D eigenvalue weighted by molar-refractivity contribution is -0.145. The topological polar surface area (TPSA) is 37.3 Å². The summed E-state index contributed by atoms with van der Waals surface area (Å²) in [5, 5.41) is 8.07. The first-order valence-corrected chi connectivity index (χ1v) is 3.57. The third-order valence-electron chi connectivity index (χ3n) is 1.31. The van der Waals surface area contributed by atoms with Gasteiger partial charge in [0.15, 0.2) is 0 Å². The molecular weight excluding hydrogens is 154 g/mol. The van der Waals surface area contributed by atoms with Crippen molar-refractivity contribution < 1.29 is 18.7 Å². The van der Waals surface area contributed by atoms with Gasteiger partial charge in [0.25, 0.3) is 5.92 Å². The van der Waals surface area contributed by atoms with Crippen molar-refractivity contribution in [2.24, 2.45) is 0 Å². The highest BCUT2D eigenvalue weighted by Gasteiger charge is 2.30. The highest BCUT2D eigenvalue weighted by Crippen LogP contribution is 2.24. The molecule has 0 saturated heterocycles. The number of hydrogen-bond donors (Lipinski definition) is 1. The highest BCUT2D eigenvalue weighted by atomic mass is 19.3. The Kier molecular flexibility index (Phi) is 4.00. The molecule has 0 heterocycles. The van der Waals surface area contributed by atoms with Crippen LogP contribution < -0.4 is 0 Å². The molecule has 0 unspecified atom stereocenters. The van der Waals surface area contributed by atoms with Crippen molar-refractivity contribution in [1.82, 2.24) is 0 Å². The molecule has 0 atom stereocenters. The molecule has 0 bridgehead atoms. The van der Waals surface area contributed by atoms with Gasteiger partial charge in [-0.05, 0) is 6.42 Å².